The molecule has 0 unspecified atom stereocenters. The molecule has 6 heteroatoms. The molecule has 5 N–H and O–H groups in total. The Morgan fingerprint density at radius 3 is 2.55 bits per heavy atom. The van der Waals surface area contributed by atoms with Gasteiger partial charge >= 0.3 is 0 Å². The number of hydrogen-bond donors (Lipinski definition) is 4. The van der Waals surface area contributed by atoms with E-state index in [1.54, 1.807) is 30.5 Å². The topological polar surface area (TPSA) is 130 Å². The summed E-state index contributed by atoms with van der Waals surface area (Å²) in [5, 5.41) is 38.5. The summed E-state index contributed by atoms with van der Waals surface area (Å²) in [5.74, 6) is -0.537. The zero-order chi connectivity index (χ0) is 14.9. The van der Waals surface area contributed by atoms with Gasteiger partial charge < -0.3 is 16.2 Å². The predicted molar refractivity (Wildman–Crippen MR) is 72.9 cm³/mol. The molecule has 0 aromatic carbocycles. The fourth-order valence-corrected chi connectivity index (χ4v) is 2.10. The van der Waals surface area contributed by atoms with Crippen molar-refractivity contribution in [2.45, 2.75) is 6.92 Å². The van der Waals surface area contributed by atoms with Crippen LogP contribution in [0.25, 0.3) is 0 Å². The van der Waals surface area contributed by atoms with Crippen molar-refractivity contribution >= 4 is 5.84 Å². The molecule has 0 fully saturated rings. The van der Waals surface area contributed by atoms with Crippen LogP contribution in [-0.4, -0.2) is 10.9 Å². The molecule has 0 bridgehead atoms. The number of aliphatic hydroxyl groups is 1. The van der Waals surface area contributed by atoms with Gasteiger partial charge in [0.2, 0.25) is 0 Å². The first kappa shape index (κ1) is 13.2. The lowest BCUT2D eigenvalue weighted by atomic mass is 9.77. The summed E-state index contributed by atoms with van der Waals surface area (Å²) < 4.78 is 0. The van der Waals surface area contributed by atoms with Crippen LogP contribution in [0, 0.1) is 28.1 Å². The maximum atomic E-state index is 10.1. The highest BCUT2D eigenvalue weighted by Gasteiger charge is 2.36. The average molecular weight is 265 g/mol. The van der Waals surface area contributed by atoms with Crippen molar-refractivity contribution in [1.82, 2.24) is 5.32 Å². The molecule has 6 nitrogen and oxygen atoms in total. The van der Waals surface area contributed by atoms with Gasteiger partial charge in [-0.2, -0.15) is 10.5 Å². The summed E-state index contributed by atoms with van der Waals surface area (Å²) >= 11 is 0. The summed E-state index contributed by atoms with van der Waals surface area (Å²) in [6.07, 6.45) is 5.17. The summed E-state index contributed by atoms with van der Waals surface area (Å²) in [4.78, 5) is 0. The molecule has 0 spiro atoms. The minimum absolute atomic E-state index is 0.0450. The lowest BCUT2D eigenvalue weighted by Gasteiger charge is -2.28. The van der Waals surface area contributed by atoms with Crippen molar-refractivity contribution in [1.29, 1.82) is 15.9 Å². The van der Waals surface area contributed by atoms with Crippen LogP contribution in [0.2, 0.25) is 0 Å². The van der Waals surface area contributed by atoms with Crippen LogP contribution < -0.4 is 11.1 Å². The number of nitriles is 2. The van der Waals surface area contributed by atoms with E-state index in [1.807, 2.05) is 6.92 Å². The van der Waals surface area contributed by atoms with E-state index in [0.717, 1.165) is 5.70 Å². The number of nitrogens with two attached hydrogens (primary N) is 1. The summed E-state index contributed by atoms with van der Waals surface area (Å²) in [6, 6.07) is 3.53. The van der Waals surface area contributed by atoms with Gasteiger partial charge in [0.05, 0.1) is 5.57 Å². The van der Waals surface area contributed by atoms with Crippen LogP contribution in [-0.2, 0) is 0 Å². The van der Waals surface area contributed by atoms with Gasteiger partial charge in [-0.15, -0.1) is 0 Å². The summed E-state index contributed by atoms with van der Waals surface area (Å²) in [5.41, 5.74) is 7.36. The molecule has 0 amide bonds. The van der Waals surface area contributed by atoms with Crippen LogP contribution in [0.1, 0.15) is 6.92 Å². The monoisotopic (exact) mass is 265 g/mol. The molecule has 2 rings (SSSR count). The third kappa shape index (κ3) is 1.86. The van der Waals surface area contributed by atoms with Gasteiger partial charge in [-0.05, 0) is 24.6 Å². The number of nitrogens with zero attached hydrogens (tertiary/aromatic N) is 2. The Morgan fingerprint density at radius 2 is 2.05 bits per heavy atom. The van der Waals surface area contributed by atoms with E-state index in [0.29, 0.717) is 11.1 Å². The molecule has 0 saturated carbocycles. The lowest BCUT2D eigenvalue weighted by molar-refractivity contribution is 0.411. The first-order valence-corrected chi connectivity index (χ1v) is 5.70. The molecular formula is C14H11N5O. The highest BCUT2D eigenvalue weighted by molar-refractivity contribution is 6.07. The molecule has 98 valence electrons. The van der Waals surface area contributed by atoms with E-state index in [-0.39, 0.29) is 28.3 Å². The summed E-state index contributed by atoms with van der Waals surface area (Å²) in [7, 11) is 0. The first-order valence-electron chi connectivity index (χ1n) is 5.70. The van der Waals surface area contributed by atoms with Gasteiger partial charge in [-0.1, -0.05) is 0 Å². The lowest BCUT2D eigenvalue weighted by Crippen LogP contribution is -2.27. The second-order valence-electron chi connectivity index (χ2n) is 4.25. The number of aliphatic hydroxyl groups excluding tert-OH is 1. The van der Waals surface area contributed by atoms with E-state index >= 15 is 0 Å². The zero-order valence-electron chi connectivity index (χ0n) is 10.7. The van der Waals surface area contributed by atoms with Gasteiger partial charge in [0.25, 0.3) is 0 Å². The van der Waals surface area contributed by atoms with Crippen molar-refractivity contribution in [3.63, 3.8) is 0 Å². The Balaban J connectivity index is 2.77. The zero-order valence-corrected chi connectivity index (χ0v) is 10.7. The number of rotatable bonds is 1. The first-order chi connectivity index (χ1) is 9.51. The largest absolute Gasteiger partial charge is 0.506 e. The molecule has 0 aromatic heterocycles. The number of amidine groups is 1. The van der Waals surface area contributed by atoms with Crippen molar-refractivity contribution in [2.24, 2.45) is 5.73 Å². The second-order valence-corrected chi connectivity index (χ2v) is 4.25. The number of nitrogens with one attached hydrogen (secondary N) is 2. The highest BCUT2D eigenvalue weighted by Crippen LogP contribution is 2.43. The van der Waals surface area contributed by atoms with Crippen molar-refractivity contribution < 1.29 is 5.11 Å². The molecule has 1 aliphatic carbocycles. The van der Waals surface area contributed by atoms with E-state index in [4.69, 9.17) is 21.7 Å². The van der Waals surface area contributed by atoms with Crippen LogP contribution >= 0.6 is 0 Å². The average Bonchev–Trinajstić information content (AvgIpc) is 2.38. The van der Waals surface area contributed by atoms with Gasteiger partial charge in [-0.25, -0.2) is 0 Å². The summed E-state index contributed by atoms with van der Waals surface area (Å²) in [6.45, 7) is 1.84. The minimum Gasteiger partial charge on any atom is -0.506 e. The molecule has 1 heterocycles. The molecule has 0 saturated heterocycles. The number of allylic oxidation sites excluding steroid dienone is 6. The van der Waals surface area contributed by atoms with E-state index in [2.05, 4.69) is 5.32 Å². The highest BCUT2D eigenvalue weighted by atomic mass is 16.3. The van der Waals surface area contributed by atoms with E-state index < -0.39 is 0 Å². The number of dihydropyridines is 1. The number of hydrogen-bond acceptors (Lipinski definition) is 5. The Hall–Kier alpha value is -3.25. The van der Waals surface area contributed by atoms with Crippen LogP contribution in [0.4, 0.5) is 0 Å². The maximum Gasteiger partial charge on any atom is 0.138 e. The molecule has 0 aromatic rings. The van der Waals surface area contributed by atoms with Crippen LogP contribution in [0.15, 0.2) is 57.7 Å². The van der Waals surface area contributed by atoms with Gasteiger partial charge in [0.15, 0.2) is 0 Å². The third-order valence-corrected chi connectivity index (χ3v) is 2.95. The Labute approximate surface area is 115 Å². The van der Waals surface area contributed by atoms with Crippen LogP contribution in [0.3, 0.4) is 0 Å². The van der Waals surface area contributed by atoms with Crippen LogP contribution in [0.5, 0.6) is 0 Å². The Kier molecular flexibility index (Phi) is 3.16. The van der Waals surface area contributed by atoms with E-state index in [1.165, 1.54) is 0 Å². The fourth-order valence-electron chi connectivity index (χ4n) is 2.10. The normalized spacial score (nSPS) is 20.4. The fraction of sp³-hybridized carbons (Fsp3) is 0.0714. The molecule has 0 atom stereocenters. The smallest absolute Gasteiger partial charge is 0.138 e. The standard InChI is InChI=1S/C14H11N5O/c1-7-4-8(2-3-19-7)11-10(9(5-15)6-16)12(13(11)20)14(17)18/h2-4,19-20H,1H3,(H3,17,18). The second kappa shape index (κ2) is 4.79. The van der Waals surface area contributed by atoms with Gasteiger partial charge in [0, 0.05) is 23.0 Å². The molecule has 0 radical (unpaired) electrons. The minimum atomic E-state index is -0.372. The Morgan fingerprint density at radius 1 is 1.40 bits per heavy atom. The van der Waals surface area contributed by atoms with Crippen molar-refractivity contribution in [2.75, 3.05) is 0 Å². The predicted octanol–water partition coefficient (Wildman–Crippen LogP) is 1.41. The molecule has 20 heavy (non-hydrogen) atoms. The SMILES string of the molecule is CC1=CC(=C2C(O)=C(C(=N)N)C2=C(C#N)C#N)C=CN1. The molecule has 1 aliphatic heterocycles. The van der Waals surface area contributed by atoms with Crippen molar-refractivity contribution in [3.05, 3.63) is 57.7 Å². The maximum absolute atomic E-state index is 10.1. The van der Waals surface area contributed by atoms with Gasteiger partial charge in [-0.3, -0.25) is 5.41 Å². The molecule has 2 aliphatic rings. The quantitative estimate of drug-likeness (QED) is 0.323. The van der Waals surface area contributed by atoms with Crippen molar-refractivity contribution in [3.8, 4) is 12.1 Å². The molecular weight excluding hydrogens is 254 g/mol. The Bertz CT molecular complexity index is 731. The third-order valence-electron chi connectivity index (χ3n) is 2.95. The van der Waals surface area contributed by atoms with Gasteiger partial charge in [0.1, 0.15) is 29.3 Å². The van der Waals surface area contributed by atoms with E-state index in [9.17, 15) is 5.11 Å².